The number of aromatic amines is 1. The molecule has 128 valence electrons. The Morgan fingerprint density at radius 3 is 2.38 bits per heavy atom. The van der Waals surface area contributed by atoms with Crippen LogP contribution in [0.4, 0.5) is 5.69 Å². The molecule has 24 heavy (non-hydrogen) atoms. The summed E-state index contributed by atoms with van der Waals surface area (Å²) < 4.78 is 26.7. The lowest BCUT2D eigenvalue weighted by atomic mass is 10.2. The van der Waals surface area contributed by atoms with Crippen molar-refractivity contribution in [3.8, 4) is 0 Å². The van der Waals surface area contributed by atoms with Crippen LogP contribution in [0.25, 0.3) is 0 Å². The Morgan fingerprint density at radius 1 is 1.17 bits per heavy atom. The van der Waals surface area contributed by atoms with Crippen LogP contribution in [0.5, 0.6) is 0 Å². The lowest BCUT2D eigenvalue weighted by Crippen LogP contribution is -2.27. The molecular formula is C15H18N4O4S. The molecule has 1 amide bonds. The number of rotatable bonds is 6. The smallest absolute Gasteiger partial charge is 0.276 e. The normalized spacial score (nSPS) is 11.5. The fourth-order valence-corrected chi connectivity index (χ4v) is 2.96. The molecule has 1 heterocycles. The second-order valence-electron chi connectivity index (χ2n) is 5.53. The largest absolute Gasteiger partial charge is 0.321 e. The van der Waals surface area contributed by atoms with Crippen LogP contribution in [0.2, 0.25) is 0 Å². The molecule has 0 fully saturated rings. The number of carbonyl (C=O) groups is 1. The summed E-state index contributed by atoms with van der Waals surface area (Å²) in [7, 11) is -3.57. The summed E-state index contributed by atoms with van der Waals surface area (Å²) >= 11 is 0. The van der Waals surface area contributed by atoms with Gasteiger partial charge in [0.05, 0.1) is 4.90 Å². The molecule has 1 aromatic carbocycles. The van der Waals surface area contributed by atoms with Crippen molar-refractivity contribution < 1.29 is 13.2 Å². The van der Waals surface area contributed by atoms with E-state index in [1.54, 1.807) is 0 Å². The van der Waals surface area contributed by atoms with Gasteiger partial charge >= 0.3 is 0 Å². The molecule has 2 aromatic rings. The zero-order valence-electron chi connectivity index (χ0n) is 13.2. The van der Waals surface area contributed by atoms with Crippen molar-refractivity contribution in [3.05, 3.63) is 52.4 Å². The average Bonchev–Trinajstić information content (AvgIpc) is 2.54. The third kappa shape index (κ3) is 4.74. The molecule has 0 radical (unpaired) electrons. The van der Waals surface area contributed by atoms with Gasteiger partial charge in [-0.25, -0.2) is 18.2 Å². The van der Waals surface area contributed by atoms with Gasteiger partial charge in [-0.15, -0.1) is 0 Å². The van der Waals surface area contributed by atoms with Crippen LogP contribution in [0, 0.1) is 5.92 Å². The molecule has 0 spiro atoms. The van der Waals surface area contributed by atoms with Crippen molar-refractivity contribution in [1.29, 1.82) is 0 Å². The van der Waals surface area contributed by atoms with E-state index in [1.807, 2.05) is 13.8 Å². The topological polar surface area (TPSA) is 121 Å². The Balaban J connectivity index is 2.08. The summed E-state index contributed by atoms with van der Waals surface area (Å²) in [5.41, 5.74) is 0.0516. The minimum absolute atomic E-state index is 0.0462. The van der Waals surface area contributed by atoms with Crippen LogP contribution < -0.4 is 15.6 Å². The minimum Gasteiger partial charge on any atom is -0.321 e. The van der Waals surface area contributed by atoms with Gasteiger partial charge in [0.15, 0.2) is 0 Å². The van der Waals surface area contributed by atoms with Crippen molar-refractivity contribution >= 4 is 21.6 Å². The molecule has 9 heteroatoms. The Labute approximate surface area is 139 Å². The fraction of sp³-hybridized carbons (Fsp3) is 0.267. The van der Waals surface area contributed by atoms with E-state index >= 15 is 0 Å². The summed E-state index contributed by atoms with van der Waals surface area (Å²) in [6.45, 7) is 4.16. The van der Waals surface area contributed by atoms with E-state index in [0.717, 1.165) is 0 Å². The van der Waals surface area contributed by atoms with Gasteiger partial charge in [-0.2, -0.15) is 5.10 Å². The van der Waals surface area contributed by atoms with Crippen LogP contribution in [-0.2, 0) is 10.0 Å². The molecule has 0 aliphatic heterocycles. The Morgan fingerprint density at radius 2 is 1.83 bits per heavy atom. The standard InChI is InChI=1S/C15H18N4O4S/c1-10(2)9-16-24(22,23)12-5-3-11(4-6-12)17-15(21)13-7-8-14(20)19-18-13/h3-8,10,16H,9H2,1-2H3,(H,17,21)(H,19,20). The second kappa shape index (κ2) is 7.37. The molecule has 0 unspecified atom stereocenters. The highest BCUT2D eigenvalue weighted by atomic mass is 32.2. The molecule has 0 aliphatic rings. The Kier molecular flexibility index (Phi) is 5.47. The predicted molar refractivity (Wildman–Crippen MR) is 89.3 cm³/mol. The van der Waals surface area contributed by atoms with Crippen molar-refractivity contribution in [2.75, 3.05) is 11.9 Å². The highest BCUT2D eigenvalue weighted by molar-refractivity contribution is 7.89. The number of aromatic nitrogens is 2. The van der Waals surface area contributed by atoms with Crippen LogP contribution in [0.15, 0.2) is 46.1 Å². The molecule has 8 nitrogen and oxygen atoms in total. The number of nitrogens with zero attached hydrogens (tertiary/aromatic N) is 1. The van der Waals surface area contributed by atoms with E-state index in [1.165, 1.54) is 36.4 Å². The Bertz CT molecular complexity index is 853. The number of hydrogen-bond acceptors (Lipinski definition) is 5. The molecule has 0 saturated carbocycles. The predicted octanol–water partition coefficient (Wildman–Crippen LogP) is 0.956. The number of carbonyl (C=O) groups excluding carboxylic acids is 1. The molecule has 3 N–H and O–H groups in total. The first-order valence-electron chi connectivity index (χ1n) is 7.25. The molecule has 0 aliphatic carbocycles. The fourth-order valence-electron chi connectivity index (χ4n) is 1.74. The molecule has 0 saturated heterocycles. The lowest BCUT2D eigenvalue weighted by Gasteiger charge is -2.10. The van der Waals surface area contributed by atoms with Gasteiger partial charge in [0, 0.05) is 18.3 Å². The van der Waals surface area contributed by atoms with Crippen LogP contribution >= 0.6 is 0 Å². The minimum atomic E-state index is -3.57. The average molecular weight is 350 g/mol. The number of hydrogen-bond donors (Lipinski definition) is 3. The monoisotopic (exact) mass is 350 g/mol. The van der Waals surface area contributed by atoms with Gasteiger partial charge in [-0.1, -0.05) is 13.8 Å². The van der Waals surface area contributed by atoms with Gasteiger partial charge in [0.25, 0.3) is 11.5 Å². The molecule has 2 rings (SSSR count). The van der Waals surface area contributed by atoms with Crippen LogP contribution in [0.1, 0.15) is 24.3 Å². The van der Waals surface area contributed by atoms with E-state index in [2.05, 4.69) is 20.2 Å². The highest BCUT2D eigenvalue weighted by Gasteiger charge is 2.14. The van der Waals surface area contributed by atoms with E-state index < -0.39 is 21.5 Å². The maximum atomic E-state index is 12.1. The van der Waals surface area contributed by atoms with Gasteiger partial charge in [0.1, 0.15) is 5.69 Å². The summed E-state index contributed by atoms with van der Waals surface area (Å²) in [6, 6.07) is 8.25. The van der Waals surface area contributed by atoms with Crippen LogP contribution in [0.3, 0.4) is 0 Å². The SMILES string of the molecule is CC(C)CNS(=O)(=O)c1ccc(NC(=O)c2ccc(=O)[nH]n2)cc1. The van der Waals surface area contributed by atoms with Crippen LogP contribution in [-0.4, -0.2) is 31.1 Å². The van der Waals surface area contributed by atoms with Crippen molar-refractivity contribution in [3.63, 3.8) is 0 Å². The van der Waals surface area contributed by atoms with Crippen molar-refractivity contribution in [1.82, 2.24) is 14.9 Å². The Hall–Kier alpha value is -2.52. The van der Waals surface area contributed by atoms with E-state index in [9.17, 15) is 18.0 Å². The summed E-state index contributed by atoms with van der Waals surface area (Å²) in [4.78, 5) is 23.0. The van der Waals surface area contributed by atoms with E-state index in [-0.39, 0.29) is 16.5 Å². The van der Waals surface area contributed by atoms with E-state index in [4.69, 9.17) is 0 Å². The molecule has 1 aromatic heterocycles. The number of benzene rings is 1. The summed E-state index contributed by atoms with van der Waals surface area (Å²) in [5, 5.41) is 8.35. The zero-order valence-corrected chi connectivity index (χ0v) is 14.1. The van der Waals surface area contributed by atoms with Gasteiger partial charge in [0.2, 0.25) is 10.0 Å². The third-order valence-electron chi connectivity index (χ3n) is 3.02. The van der Waals surface area contributed by atoms with E-state index in [0.29, 0.717) is 12.2 Å². The van der Waals surface area contributed by atoms with Gasteiger partial charge < -0.3 is 5.32 Å². The maximum absolute atomic E-state index is 12.1. The van der Waals surface area contributed by atoms with Gasteiger partial charge in [-0.05, 0) is 36.2 Å². The molecule has 0 bridgehead atoms. The quantitative estimate of drug-likeness (QED) is 0.716. The number of sulfonamides is 1. The first-order valence-corrected chi connectivity index (χ1v) is 8.73. The van der Waals surface area contributed by atoms with Gasteiger partial charge in [-0.3, -0.25) is 9.59 Å². The van der Waals surface area contributed by atoms with Crippen molar-refractivity contribution in [2.45, 2.75) is 18.7 Å². The number of nitrogens with one attached hydrogen (secondary N) is 3. The number of anilines is 1. The lowest BCUT2D eigenvalue weighted by molar-refractivity contribution is 0.102. The summed E-state index contributed by atoms with van der Waals surface area (Å²) in [6.07, 6.45) is 0. The first kappa shape index (κ1) is 17.8. The summed E-state index contributed by atoms with van der Waals surface area (Å²) in [5.74, 6) is -0.317. The third-order valence-corrected chi connectivity index (χ3v) is 4.46. The van der Waals surface area contributed by atoms with Crippen molar-refractivity contribution in [2.24, 2.45) is 5.92 Å². The first-order chi connectivity index (χ1) is 11.3. The number of H-pyrrole nitrogens is 1. The zero-order chi connectivity index (χ0) is 17.7. The highest BCUT2D eigenvalue weighted by Crippen LogP contribution is 2.14. The second-order valence-corrected chi connectivity index (χ2v) is 7.30. The maximum Gasteiger partial charge on any atom is 0.276 e. The molecule has 0 atom stereocenters. The number of amides is 1. The molecular weight excluding hydrogens is 332 g/mol.